The minimum absolute atomic E-state index is 0.0941. The molecule has 2 saturated carbocycles. The van der Waals surface area contributed by atoms with Gasteiger partial charge in [-0.2, -0.15) is 10.5 Å². The fraction of sp³-hybridized carbons (Fsp3) is 0.800. The van der Waals surface area contributed by atoms with Crippen LogP contribution >= 0.6 is 0 Å². The quantitative estimate of drug-likeness (QED) is 0.836. The lowest BCUT2D eigenvalue weighted by molar-refractivity contribution is -0.131. The van der Waals surface area contributed by atoms with E-state index in [0.29, 0.717) is 18.9 Å². The second kappa shape index (κ2) is 5.42. The molecule has 1 saturated heterocycles. The van der Waals surface area contributed by atoms with Crippen LogP contribution in [0.4, 0.5) is 0 Å². The molecule has 0 aromatic rings. The second-order valence-electron chi connectivity index (χ2n) is 6.33. The Morgan fingerprint density at radius 3 is 2.30 bits per heavy atom. The molecule has 3 unspecified atom stereocenters. The molecule has 1 N–H and O–H groups in total. The zero-order valence-corrected chi connectivity index (χ0v) is 11.6. The Hall–Kier alpha value is -1.59. The standard InChI is InChI=1S/C15H20N4O/c16-7-12-3-4-13(8-17)19(12)15(20)9-18-14-6-10-1-2-11(14)5-10/h10-14,18H,1-6,9H2/t10?,11?,12-,13+,14?. The van der Waals surface area contributed by atoms with Gasteiger partial charge in [0, 0.05) is 6.04 Å². The number of amides is 1. The summed E-state index contributed by atoms with van der Waals surface area (Å²) in [7, 11) is 0. The van der Waals surface area contributed by atoms with E-state index in [1.165, 1.54) is 30.6 Å². The number of hydrogen-bond acceptors (Lipinski definition) is 4. The van der Waals surface area contributed by atoms with E-state index in [0.717, 1.165) is 11.8 Å². The molecule has 5 heteroatoms. The van der Waals surface area contributed by atoms with E-state index >= 15 is 0 Å². The minimum atomic E-state index is -0.422. The summed E-state index contributed by atoms with van der Waals surface area (Å²) in [6.07, 6.45) is 6.35. The summed E-state index contributed by atoms with van der Waals surface area (Å²) in [5.41, 5.74) is 0. The van der Waals surface area contributed by atoms with Gasteiger partial charge in [-0.15, -0.1) is 0 Å². The minimum Gasteiger partial charge on any atom is -0.310 e. The number of carbonyl (C=O) groups excluding carboxylic acids is 1. The van der Waals surface area contributed by atoms with E-state index in [1.54, 1.807) is 0 Å². The number of likely N-dealkylation sites (tertiary alicyclic amines) is 1. The van der Waals surface area contributed by atoms with Crippen LogP contribution in [-0.4, -0.2) is 35.5 Å². The number of carbonyl (C=O) groups is 1. The molecule has 1 aliphatic heterocycles. The Balaban J connectivity index is 1.56. The van der Waals surface area contributed by atoms with Gasteiger partial charge in [0.15, 0.2) is 0 Å². The smallest absolute Gasteiger partial charge is 0.238 e. The Labute approximate surface area is 119 Å². The molecular weight excluding hydrogens is 252 g/mol. The Bertz CT molecular complexity index is 455. The van der Waals surface area contributed by atoms with Gasteiger partial charge in [0.1, 0.15) is 12.1 Å². The van der Waals surface area contributed by atoms with E-state index < -0.39 is 12.1 Å². The van der Waals surface area contributed by atoms with Gasteiger partial charge in [0.25, 0.3) is 0 Å². The van der Waals surface area contributed by atoms with Crippen LogP contribution in [-0.2, 0) is 4.79 Å². The first-order chi connectivity index (χ1) is 9.72. The van der Waals surface area contributed by atoms with Crippen LogP contribution in [0.25, 0.3) is 0 Å². The SMILES string of the molecule is N#C[C@@H]1CC[C@H](C#N)N1C(=O)CNC1CC2CCC1C2. The zero-order chi connectivity index (χ0) is 14.1. The van der Waals surface area contributed by atoms with Crippen molar-refractivity contribution in [1.29, 1.82) is 10.5 Å². The van der Waals surface area contributed by atoms with Crippen LogP contribution in [0.1, 0.15) is 38.5 Å². The number of hydrogen-bond donors (Lipinski definition) is 1. The number of nitriles is 2. The van der Waals surface area contributed by atoms with Gasteiger partial charge < -0.3 is 10.2 Å². The summed E-state index contributed by atoms with van der Waals surface area (Å²) in [5, 5.41) is 21.6. The fourth-order valence-electron chi connectivity index (χ4n) is 4.22. The van der Waals surface area contributed by atoms with Crippen molar-refractivity contribution < 1.29 is 4.79 Å². The van der Waals surface area contributed by atoms with E-state index in [9.17, 15) is 4.79 Å². The molecule has 0 spiro atoms. The predicted molar refractivity (Wildman–Crippen MR) is 72.1 cm³/mol. The van der Waals surface area contributed by atoms with Crippen molar-refractivity contribution >= 4 is 5.91 Å². The molecule has 20 heavy (non-hydrogen) atoms. The number of rotatable bonds is 3. The summed E-state index contributed by atoms with van der Waals surface area (Å²) in [6, 6.07) is 3.90. The molecule has 5 nitrogen and oxygen atoms in total. The molecule has 106 valence electrons. The van der Waals surface area contributed by atoms with E-state index in [-0.39, 0.29) is 12.5 Å². The molecule has 3 aliphatic rings. The molecule has 3 rings (SSSR count). The molecule has 0 aromatic heterocycles. The molecule has 1 amide bonds. The van der Waals surface area contributed by atoms with Gasteiger partial charge in [0.2, 0.25) is 5.91 Å². The summed E-state index contributed by atoms with van der Waals surface area (Å²) < 4.78 is 0. The summed E-state index contributed by atoms with van der Waals surface area (Å²) in [4.78, 5) is 13.8. The van der Waals surface area contributed by atoms with Crippen molar-refractivity contribution in [3.63, 3.8) is 0 Å². The van der Waals surface area contributed by atoms with Gasteiger partial charge in [-0.05, 0) is 43.9 Å². The van der Waals surface area contributed by atoms with Gasteiger partial charge in [0.05, 0.1) is 18.7 Å². The van der Waals surface area contributed by atoms with Gasteiger partial charge >= 0.3 is 0 Å². The Morgan fingerprint density at radius 2 is 1.80 bits per heavy atom. The normalized spacial score (nSPS) is 38.7. The maximum Gasteiger partial charge on any atom is 0.238 e. The highest BCUT2D eigenvalue weighted by molar-refractivity contribution is 5.80. The average molecular weight is 272 g/mol. The van der Waals surface area contributed by atoms with Crippen molar-refractivity contribution in [1.82, 2.24) is 10.2 Å². The molecule has 0 radical (unpaired) electrons. The molecule has 5 atom stereocenters. The number of nitrogens with one attached hydrogen (secondary N) is 1. The van der Waals surface area contributed by atoms with Crippen LogP contribution < -0.4 is 5.32 Å². The van der Waals surface area contributed by atoms with Crippen molar-refractivity contribution in [3.05, 3.63) is 0 Å². The fourth-order valence-corrected chi connectivity index (χ4v) is 4.22. The lowest BCUT2D eigenvalue weighted by Crippen LogP contribution is -2.47. The summed E-state index contributed by atoms with van der Waals surface area (Å²) in [6.45, 7) is 0.268. The Kier molecular flexibility index (Phi) is 3.63. The van der Waals surface area contributed by atoms with Crippen molar-refractivity contribution in [3.8, 4) is 12.1 Å². The van der Waals surface area contributed by atoms with Gasteiger partial charge in [-0.25, -0.2) is 0 Å². The molecular formula is C15H20N4O. The number of nitrogens with zero attached hydrogens (tertiary/aromatic N) is 3. The third kappa shape index (κ3) is 2.27. The first-order valence-electron chi connectivity index (χ1n) is 7.56. The number of fused-ring (bicyclic) bond motifs is 2. The van der Waals surface area contributed by atoms with Crippen molar-refractivity contribution in [2.24, 2.45) is 11.8 Å². The predicted octanol–water partition coefficient (Wildman–Crippen LogP) is 1.17. The summed E-state index contributed by atoms with van der Waals surface area (Å²) in [5.74, 6) is 1.48. The molecule has 2 aliphatic carbocycles. The van der Waals surface area contributed by atoms with E-state index in [2.05, 4.69) is 17.5 Å². The third-order valence-corrected chi connectivity index (χ3v) is 5.22. The lowest BCUT2D eigenvalue weighted by Gasteiger charge is -2.26. The van der Waals surface area contributed by atoms with E-state index in [4.69, 9.17) is 10.5 Å². The van der Waals surface area contributed by atoms with Crippen LogP contribution in [0.2, 0.25) is 0 Å². The monoisotopic (exact) mass is 272 g/mol. The first kappa shape index (κ1) is 13.4. The van der Waals surface area contributed by atoms with E-state index in [1.807, 2.05) is 0 Å². The highest BCUT2D eigenvalue weighted by Crippen LogP contribution is 2.44. The zero-order valence-electron chi connectivity index (χ0n) is 11.6. The van der Waals surface area contributed by atoms with Crippen molar-refractivity contribution in [2.75, 3.05) is 6.54 Å². The van der Waals surface area contributed by atoms with Crippen LogP contribution in [0.3, 0.4) is 0 Å². The third-order valence-electron chi connectivity index (χ3n) is 5.22. The summed E-state index contributed by atoms with van der Waals surface area (Å²) >= 11 is 0. The average Bonchev–Trinajstić information content (AvgIpc) is 3.17. The van der Waals surface area contributed by atoms with Gasteiger partial charge in [-0.1, -0.05) is 6.42 Å². The first-order valence-corrected chi connectivity index (χ1v) is 7.56. The van der Waals surface area contributed by atoms with Crippen LogP contribution in [0, 0.1) is 34.5 Å². The highest BCUT2D eigenvalue weighted by atomic mass is 16.2. The Morgan fingerprint density at radius 1 is 1.10 bits per heavy atom. The highest BCUT2D eigenvalue weighted by Gasteiger charge is 2.41. The molecule has 1 heterocycles. The largest absolute Gasteiger partial charge is 0.310 e. The maximum absolute atomic E-state index is 12.3. The van der Waals surface area contributed by atoms with Crippen LogP contribution in [0.15, 0.2) is 0 Å². The molecule has 0 aromatic carbocycles. The molecule has 3 fully saturated rings. The lowest BCUT2D eigenvalue weighted by atomic mass is 9.95. The topological polar surface area (TPSA) is 79.9 Å². The van der Waals surface area contributed by atoms with Crippen LogP contribution in [0.5, 0.6) is 0 Å². The van der Waals surface area contributed by atoms with Gasteiger partial charge in [-0.3, -0.25) is 4.79 Å². The molecule has 2 bridgehead atoms. The maximum atomic E-state index is 12.3. The second-order valence-corrected chi connectivity index (χ2v) is 6.33. The van der Waals surface area contributed by atoms with Crippen molar-refractivity contribution in [2.45, 2.75) is 56.7 Å².